The number of carbonyl (C=O) groups excluding carboxylic acids is 1. The first-order chi connectivity index (χ1) is 10.6. The van der Waals surface area contributed by atoms with Gasteiger partial charge in [0.05, 0.1) is 14.2 Å². The second-order valence-corrected chi connectivity index (χ2v) is 6.90. The van der Waals surface area contributed by atoms with Gasteiger partial charge in [-0.2, -0.15) is 0 Å². The van der Waals surface area contributed by atoms with Gasteiger partial charge < -0.3 is 4.98 Å². The Morgan fingerprint density at radius 2 is 2.00 bits per heavy atom. The smallest absolute Gasteiger partial charge is 0.266 e. The molecule has 0 atom stereocenters. The van der Waals surface area contributed by atoms with Gasteiger partial charge >= 0.3 is 0 Å². The van der Waals surface area contributed by atoms with Crippen LogP contribution < -0.4 is 14.8 Å². The first-order valence-corrected chi connectivity index (χ1v) is 8.46. The normalized spacial score (nSPS) is 12.8. The van der Waals surface area contributed by atoms with Gasteiger partial charge in [0.25, 0.3) is 5.56 Å². The zero-order valence-corrected chi connectivity index (χ0v) is 13.6. The summed E-state index contributed by atoms with van der Waals surface area (Å²) in [6, 6.07) is 10.7. The molecule has 0 aliphatic rings. The number of hydrogen-bond donors (Lipinski definition) is 1. The predicted molar refractivity (Wildman–Crippen MR) is 92.3 cm³/mol. The quantitative estimate of drug-likeness (QED) is 0.740. The summed E-state index contributed by atoms with van der Waals surface area (Å²) >= 11 is 8.80. The largest absolute Gasteiger partial charge is 0.313 e. The van der Waals surface area contributed by atoms with Crippen molar-refractivity contribution >= 4 is 52.2 Å². The van der Waals surface area contributed by atoms with Crippen LogP contribution in [0.3, 0.4) is 0 Å². The Labute approximate surface area is 138 Å². The number of thiophene rings is 1. The summed E-state index contributed by atoms with van der Waals surface area (Å²) in [5, 5.41) is 2.34. The number of H-pyrrole nitrogens is 1. The minimum atomic E-state index is -0.231. The van der Waals surface area contributed by atoms with Crippen LogP contribution in [0.1, 0.15) is 15.2 Å². The number of rotatable bonds is 3. The average molecular weight is 348 g/mol. The lowest BCUT2D eigenvalue weighted by atomic mass is 10.1. The molecule has 0 radical (unpaired) electrons. The van der Waals surface area contributed by atoms with Crippen LogP contribution in [0.25, 0.3) is 12.2 Å². The van der Waals surface area contributed by atoms with Gasteiger partial charge in [0, 0.05) is 16.5 Å². The number of halogens is 1. The fourth-order valence-corrected chi connectivity index (χ4v) is 3.72. The SMILES string of the molecule is O=C(C=c1[nH]c(=O)c(=Cc2cccs2)s1)c1ccccc1Cl. The number of aromatic nitrogens is 1. The highest BCUT2D eigenvalue weighted by Gasteiger charge is 2.07. The van der Waals surface area contributed by atoms with Crippen LogP contribution in [-0.2, 0) is 0 Å². The maximum Gasteiger partial charge on any atom is 0.266 e. The lowest BCUT2D eigenvalue weighted by Crippen LogP contribution is -2.19. The molecule has 0 fully saturated rings. The molecule has 0 saturated heterocycles. The van der Waals surface area contributed by atoms with Crippen molar-refractivity contribution in [1.29, 1.82) is 0 Å². The zero-order chi connectivity index (χ0) is 15.5. The Bertz CT molecular complexity index is 984. The third kappa shape index (κ3) is 3.27. The first kappa shape index (κ1) is 15.0. The zero-order valence-electron chi connectivity index (χ0n) is 11.2. The van der Waals surface area contributed by atoms with Crippen molar-refractivity contribution in [2.45, 2.75) is 0 Å². The van der Waals surface area contributed by atoms with Crippen molar-refractivity contribution < 1.29 is 4.79 Å². The minimum absolute atomic E-state index is 0.198. The van der Waals surface area contributed by atoms with Crippen molar-refractivity contribution in [1.82, 2.24) is 4.98 Å². The van der Waals surface area contributed by atoms with E-state index in [9.17, 15) is 9.59 Å². The Hall–Kier alpha value is -1.95. The van der Waals surface area contributed by atoms with Crippen LogP contribution >= 0.6 is 34.3 Å². The van der Waals surface area contributed by atoms with Gasteiger partial charge in [-0.25, -0.2) is 0 Å². The number of thiazole rings is 1. The molecule has 0 bridgehead atoms. The number of nitrogens with one attached hydrogen (secondary N) is 1. The molecule has 3 rings (SSSR count). The topological polar surface area (TPSA) is 49.9 Å². The summed E-state index contributed by atoms with van der Waals surface area (Å²) in [6.45, 7) is 0. The van der Waals surface area contributed by atoms with Crippen LogP contribution in [0.2, 0.25) is 5.02 Å². The molecule has 0 amide bonds. The fourth-order valence-electron chi connectivity index (χ4n) is 1.88. The fraction of sp³-hybridized carbons (Fsp3) is 0. The summed E-state index contributed by atoms with van der Waals surface area (Å²) in [6.07, 6.45) is 3.21. The number of benzene rings is 1. The molecule has 0 aliphatic heterocycles. The van der Waals surface area contributed by atoms with E-state index < -0.39 is 0 Å². The highest BCUT2D eigenvalue weighted by Crippen LogP contribution is 2.15. The highest BCUT2D eigenvalue weighted by atomic mass is 35.5. The van der Waals surface area contributed by atoms with E-state index in [-0.39, 0.29) is 11.3 Å². The van der Waals surface area contributed by atoms with E-state index in [1.54, 1.807) is 35.6 Å². The molecule has 0 spiro atoms. The Morgan fingerprint density at radius 3 is 2.73 bits per heavy atom. The van der Waals surface area contributed by atoms with Gasteiger partial charge in [0.2, 0.25) is 0 Å². The average Bonchev–Trinajstić information content (AvgIpc) is 3.10. The van der Waals surface area contributed by atoms with Crippen molar-refractivity contribution in [2.75, 3.05) is 0 Å². The standard InChI is InChI=1S/C16H10ClNO2S2/c17-12-6-2-1-5-11(12)13(19)9-15-18-16(20)14(22-15)8-10-4-3-7-21-10/h1-9H,(H,18,20). The van der Waals surface area contributed by atoms with Gasteiger partial charge in [-0.05, 0) is 29.7 Å². The monoisotopic (exact) mass is 347 g/mol. The number of Topliss-reactive ketones (excluding diaryl/α,β-unsaturated/α-hetero) is 1. The van der Waals surface area contributed by atoms with Crippen molar-refractivity contribution in [3.05, 3.63) is 76.8 Å². The van der Waals surface area contributed by atoms with E-state index in [0.29, 0.717) is 19.8 Å². The van der Waals surface area contributed by atoms with Gasteiger partial charge in [-0.3, -0.25) is 9.59 Å². The molecule has 6 heteroatoms. The van der Waals surface area contributed by atoms with E-state index in [4.69, 9.17) is 11.6 Å². The van der Waals surface area contributed by atoms with Gasteiger partial charge in [-0.1, -0.05) is 29.8 Å². The molecule has 2 heterocycles. The molecule has 0 aliphatic carbocycles. The van der Waals surface area contributed by atoms with E-state index in [1.165, 1.54) is 17.4 Å². The number of ketones is 1. The summed E-state index contributed by atoms with van der Waals surface area (Å²) < 4.78 is 1.08. The van der Waals surface area contributed by atoms with E-state index in [0.717, 1.165) is 4.88 Å². The van der Waals surface area contributed by atoms with Crippen molar-refractivity contribution in [2.24, 2.45) is 0 Å². The maximum absolute atomic E-state index is 12.2. The summed E-state index contributed by atoms with van der Waals surface area (Å²) in [5.74, 6) is -0.231. The maximum atomic E-state index is 12.2. The summed E-state index contributed by atoms with van der Waals surface area (Å²) in [5.41, 5.74) is 0.221. The molecule has 22 heavy (non-hydrogen) atoms. The lowest BCUT2D eigenvalue weighted by molar-refractivity contribution is 0.106. The van der Waals surface area contributed by atoms with Gasteiger partial charge in [-0.15, -0.1) is 22.7 Å². The third-order valence-corrected chi connectivity index (χ3v) is 5.01. The highest BCUT2D eigenvalue weighted by molar-refractivity contribution is 7.11. The minimum Gasteiger partial charge on any atom is -0.313 e. The Kier molecular flexibility index (Phi) is 4.38. The number of carbonyl (C=O) groups is 1. The van der Waals surface area contributed by atoms with E-state index >= 15 is 0 Å². The molecule has 0 saturated carbocycles. The number of hydrogen-bond acceptors (Lipinski definition) is 4. The first-order valence-electron chi connectivity index (χ1n) is 6.38. The van der Waals surface area contributed by atoms with Gasteiger partial charge in [0.15, 0.2) is 5.78 Å². The second kappa shape index (κ2) is 6.44. The van der Waals surface area contributed by atoms with Crippen molar-refractivity contribution in [3.8, 4) is 0 Å². The molecular weight excluding hydrogens is 338 g/mol. The molecule has 2 aromatic heterocycles. The van der Waals surface area contributed by atoms with E-state index in [2.05, 4.69) is 4.98 Å². The van der Waals surface area contributed by atoms with Crippen molar-refractivity contribution in [3.63, 3.8) is 0 Å². The molecular formula is C16H10ClNO2S2. The molecule has 3 aromatic rings. The Balaban J connectivity index is 2.02. The summed E-state index contributed by atoms with van der Waals surface area (Å²) in [4.78, 5) is 27.8. The molecule has 0 unspecified atom stereocenters. The second-order valence-electron chi connectivity index (χ2n) is 4.43. The third-order valence-electron chi connectivity index (χ3n) is 2.90. The molecule has 1 aromatic carbocycles. The molecule has 110 valence electrons. The summed E-state index contributed by atoms with van der Waals surface area (Å²) in [7, 11) is 0. The van der Waals surface area contributed by atoms with Gasteiger partial charge in [0.1, 0.15) is 0 Å². The predicted octanol–water partition coefficient (Wildman–Crippen LogP) is 2.64. The molecule has 1 N–H and O–H groups in total. The van der Waals surface area contributed by atoms with Crippen LogP contribution in [0.4, 0.5) is 0 Å². The van der Waals surface area contributed by atoms with Crippen LogP contribution in [0.15, 0.2) is 46.6 Å². The van der Waals surface area contributed by atoms with E-state index in [1.807, 2.05) is 23.6 Å². The van der Waals surface area contributed by atoms with Crippen LogP contribution in [-0.4, -0.2) is 10.8 Å². The number of aromatic amines is 1. The molecule has 3 nitrogen and oxygen atoms in total. The van der Waals surface area contributed by atoms with Crippen LogP contribution in [0.5, 0.6) is 0 Å². The lowest BCUT2D eigenvalue weighted by Gasteiger charge is -1.97. The van der Waals surface area contributed by atoms with Crippen LogP contribution in [0, 0.1) is 0 Å². The Morgan fingerprint density at radius 1 is 1.18 bits per heavy atom.